The smallest absolute Gasteiger partial charge is 0.0273 e. The van der Waals surface area contributed by atoms with E-state index in [1.807, 2.05) is 18.2 Å². The second kappa shape index (κ2) is 4.29. The fourth-order valence-corrected chi connectivity index (χ4v) is 0.953. The van der Waals surface area contributed by atoms with Gasteiger partial charge in [0, 0.05) is 12.4 Å². The lowest BCUT2D eigenvalue weighted by Gasteiger charge is -1.98. The molecule has 0 spiro atoms. The summed E-state index contributed by atoms with van der Waals surface area (Å²) in [4.78, 5) is 3.93. The van der Waals surface area contributed by atoms with E-state index in [1.165, 1.54) is 0 Å². The monoisotopic (exact) mass is 157 g/mol. The molecule has 0 N–H and O–H groups in total. The van der Waals surface area contributed by atoms with Gasteiger partial charge in [-0.25, -0.2) is 0 Å². The minimum atomic E-state index is 1.06. The topological polar surface area (TPSA) is 12.9 Å². The fourth-order valence-electron chi connectivity index (χ4n) is 0.953. The van der Waals surface area contributed by atoms with Crippen LogP contribution < -0.4 is 0 Å². The van der Waals surface area contributed by atoms with Crippen LogP contribution in [0.2, 0.25) is 0 Å². The minimum absolute atomic E-state index is 1.06. The SMILES string of the molecule is C=CC=C(C=C)c1ccncc1. The zero-order valence-electron chi connectivity index (χ0n) is 6.90. The van der Waals surface area contributed by atoms with Crippen LogP contribution >= 0.6 is 0 Å². The van der Waals surface area contributed by atoms with Gasteiger partial charge in [-0.15, -0.1) is 0 Å². The van der Waals surface area contributed by atoms with Crippen molar-refractivity contribution in [1.29, 1.82) is 0 Å². The van der Waals surface area contributed by atoms with Crippen LogP contribution in [0.4, 0.5) is 0 Å². The van der Waals surface area contributed by atoms with Gasteiger partial charge in [0.15, 0.2) is 0 Å². The predicted molar refractivity (Wildman–Crippen MR) is 52.6 cm³/mol. The maximum atomic E-state index is 3.93. The van der Waals surface area contributed by atoms with Crippen LogP contribution in [0.5, 0.6) is 0 Å². The molecule has 0 atom stereocenters. The fraction of sp³-hybridized carbons (Fsp3) is 0. The molecule has 0 aliphatic heterocycles. The first-order valence-electron chi connectivity index (χ1n) is 3.74. The quantitative estimate of drug-likeness (QED) is 0.615. The van der Waals surface area contributed by atoms with Crippen molar-refractivity contribution in [2.24, 2.45) is 0 Å². The van der Waals surface area contributed by atoms with Gasteiger partial charge in [0.1, 0.15) is 0 Å². The Labute approximate surface area is 72.8 Å². The normalized spacial score (nSPS) is 10.8. The van der Waals surface area contributed by atoms with E-state index in [0.29, 0.717) is 0 Å². The average molecular weight is 157 g/mol. The van der Waals surface area contributed by atoms with E-state index in [4.69, 9.17) is 0 Å². The summed E-state index contributed by atoms with van der Waals surface area (Å²) < 4.78 is 0. The van der Waals surface area contributed by atoms with Crippen molar-refractivity contribution in [3.63, 3.8) is 0 Å². The number of hydrogen-bond acceptors (Lipinski definition) is 1. The molecule has 1 heterocycles. The first-order chi connectivity index (χ1) is 5.88. The third kappa shape index (κ3) is 1.92. The van der Waals surface area contributed by atoms with Gasteiger partial charge in [0.2, 0.25) is 0 Å². The van der Waals surface area contributed by atoms with Crippen LogP contribution in [-0.4, -0.2) is 4.98 Å². The molecular weight excluding hydrogens is 146 g/mol. The zero-order chi connectivity index (χ0) is 8.81. The van der Waals surface area contributed by atoms with Gasteiger partial charge in [-0.3, -0.25) is 4.98 Å². The van der Waals surface area contributed by atoms with Crippen LogP contribution in [0.1, 0.15) is 5.56 Å². The maximum Gasteiger partial charge on any atom is 0.0273 e. The van der Waals surface area contributed by atoms with Crippen molar-refractivity contribution in [3.05, 3.63) is 61.5 Å². The molecule has 1 heteroatoms. The summed E-state index contributed by atoms with van der Waals surface area (Å²) in [5, 5.41) is 0. The summed E-state index contributed by atoms with van der Waals surface area (Å²) in [5.41, 5.74) is 2.17. The highest BCUT2D eigenvalue weighted by Gasteiger charge is 1.92. The number of aromatic nitrogens is 1. The van der Waals surface area contributed by atoms with Gasteiger partial charge in [-0.1, -0.05) is 31.4 Å². The van der Waals surface area contributed by atoms with Gasteiger partial charge in [-0.05, 0) is 23.3 Å². The number of nitrogens with zero attached hydrogens (tertiary/aromatic N) is 1. The summed E-state index contributed by atoms with van der Waals surface area (Å²) in [5.74, 6) is 0. The lowest BCUT2D eigenvalue weighted by Crippen LogP contribution is -1.79. The van der Waals surface area contributed by atoms with Gasteiger partial charge in [-0.2, -0.15) is 0 Å². The Hall–Kier alpha value is -1.63. The molecule has 1 aromatic heterocycles. The van der Waals surface area contributed by atoms with E-state index in [1.54, 1.807) is 24.5 Å². The first kappa shape index (κ1) is 8.47. The third-order valence-corrected chi connectivity index (χ3v) is 1.53. The lowest BCUT2D eigenvalue weighted by atomic mass is 10.1. The Bertz CT molecular complexity index is 296. The van der Waals surface area contributed by atoms with Crippen molar-refractivity contribution < 1.29 is 0 Å². The van der Waals surface area contributed by atoms with Crippen LogP contribution in [0.15, 0.2) is 55.9 Å². The second-order valence-electron chi connectivity index (χ2n) is 2.30. The van der Waals surface area contributed by atoms with Gasteiger partial charge < -0.3 is 0 Å². The predicted octanol–water partition coefficient (Wildman–Crippen LogP) is 2.84. The van der Waals surface area contributed by atoms with Gasteiger partial charge in [0.25, 0.3) is 0 Å². The van der Waals surface area contributed by atoms with Crippen molar-refractivity contribution in [1.82, 2.24) is 4.98 Å². The lowest BCUT2D eigenvalue weighted by molar-refractivity contribution is 1.32. The summed E-state index contributed by atoms with van der Waals surface area (Å²) in [7, 11) is 0. The van der Waals surface area contributed by atoms with Crippen LogP contribution in [0, 0.1) is 0 Å². The van der Waals surface area contributed by atoms with E-state index in [0.717, 1.165) is 11.1 Å². The molecule has 0 aliphatic carbocycles. The number of rotatable bonds is 3. The van der Waals surface area contributed by atoms with Crippen LogP contribution in [0.25, 0.3) is 5.57 Å². The summed E-state index contributed by atoms with van der Waals surface area (Å²) in [6, 6.07) is 3.88. The molecule has 60 valence electrons. The first-order valence-corrected chi connectivity index (χ1v) is 3.74. The highest BCUT2D eigenvalue weighted by atomic mass is 14.6. The largest absolute Gasteiger partial charge is 0.265 e. The molecule has 0 aromatic carbocycles. The van der Waals surface area contributed by atoms with Crippen molar-refractivity contribution in [2.75, 3.05) is 0 Å². The molecule has 1 nitrogen and oxygen atoms in total. The van der Waals surface area contributed by atoms with Crippen molar-refractivity contribution >= 4 is 5.57 Å². The number of hydrogen-bond donors (Lipinski definition) is 0. The van der Waals surface area contributed by atoms with E-state index < -0.39 is 0 Å². The molecule has 0 bridgehead atoms. The van der Waals surface area contributed by atoms with Crippen molar-refractivity contribution in [3.8, 4) is 0 Å². The summed E-state index contributed by atoms with van der Waals surface area (Å²) >= 11 is 0. The summed E-state index contributed by atoms with van der Waals surface area (Å²) in [6.07, 6.45) is 8.99. The third-order valence-electron chi connectivity index (χ3n) is 1.53. The maximum absolute atomic E-state index is 3.93. The standard InChI is InChI=1S/C11H11N/c1-3-5-10(4-2)11-6-8-12-9-7-11/h3-9H,1-2H2. The highest BCUT2D eigenvalue weighted by molar-refractivity contribution is 5.74. The molecule has 0 saturated heterocycles. The molecule has 12 heavy (non-hydrogen) atoms. The van der Waals surface area contributed by atoms with E-state index >= 15 is 0 Å². The van der Waals surface area contributed by atoms with Crippen LogP contribution in [0.3, 0.4) is 0 Å². The van der Waals surface area contributed by atoms with Crippen LogP contribution in [-0.2, 0) is 0 Å². The molecule has 1 rings (SSSR count). The Balaban J connectivity index is 3.03. The zero-order valence-corrected chi connectivity index (χ0v) is 6.90. The second-order valence-corrected chi connectivity index (χ2v) is 2.30. The Morgan fingerprint density at radius 3 is 2.42 bits per heavy atom. The van der Waals surface area contributed by atoms with E-state index in [-0.39, 0.29) is 0 Å². The Morgan fingerprint density at radius 2 is 1.92 bits per heavy atom. The molecule has 0 amide bonds. The van der Waals surface area contributed by atoms with Crippen molar-refractivity contribution in [2.45, 2.75) is 0 Å². The molecule has 0 saturated carbocycles. The summed E-state index contributed by atoms with van der Waals surface area (Å²) in [6.45, 7) is 7.35. The minimum Gasteiger partial charge on any atom is -0.265 e. The number of allylic oxidation sites excluding steroid dienone is 4. The van der Waals surface area contributed by atoms with Gasteiger partial charge >= 0.3 is 0 Å². The number of pyridine rings is 1. The molecule has 0 fully saturated rings. The van der Waals surface area contributed by atoms with E-state index in [2.05, 4.69) is 18.1 Å². The average Bonchev–Trinajstić information content (AvgIpc) is 2.15. The Morgan fingerprint density at radius 1 is 1.25 bits per heavy atom. The molecule has 0 unspecified atom stereocenters. The molecule has 0 radical (unpaired) electrons. The Kier molecular flexibility index (Phi) is 3.03. The van der Waals surface area contributed by atoms with Gasteiger partial charge in [0.05, 0.1) is 0 Å². The highest BCUT2D eigenvalue weighted by Crippen LogP contribution is 2.13. The molecular formula is C11H11N. The molecule has 1 aromatic rings. The van der Waals surface area contributed by atoms with E-state index in [9.17, 15) is 0 Å². The molecule has 0 aliphatic rings.